The van der Waals surface area contributed by atoms with Crippen LogP contribution in [0.4, 0.5) is 14.9 Å². The Kier molecular flexibility index (Phi) is 4.35. The zero-order valence-corrected chi connectivity index (χ0v) is 13.4. The normalized spacial score (nSPS) is 17.2. The van der Waals surface area contributed by atoms with Crippen molar-refractivity contribution in [1.29, 1.82) is 0 Å². The lowest BCUT2D eigenvalue weighted by Gasteiger charge is -2.14. The first-order valence-electron chi connectivity index (χ1n) is 6.62. The fraction of sp³-hybridized carbons (Fsp3) is 0.231. The smallest absolute Gasteiger partial charge is 0.414 e. The molecule has 0 spiro atoms. The van der Waals surface area contributed by atoms with Crippen LogP contribution in [0.2, 0.25) is 0 Å². The number of amides is 1. The number of benzene rings is 1. The highest BCUT2D eigenvalue weighted by Gasteiger charge is 2.32. The molecule has 0 aliphatic carbocycles. The number of halogens is 1. The first kappa shape index (κ1) is 15.6. The number of anilines is 1. The molecule has 3 N–H and O–H groups in total. The molecule has 1 saturated heterocycles. The zero-order chi connectivity index (χ0) is 16.4. The molecule has 1 fully saturated rings. The monoisotopic (exact) mass is 353 g/mol. The SMILES string of the molecule is NC(=S)NCC1CN(c2ccc(-c3nncs3)c(F)c2)C(=O)O1. The highest BCUT2D eigenvalue weighted by Crippen LogP contribution is 2.29. The van der Waals surface area contributed by atoms with Gasteiger partial charge < -0.3 is 15.8 Å². The van der Waals surface area contributed by atoms with Gasteiger partial charge in [-0.05, 0) is 30.4 Å². The molecule has 23 heavy (non-hydrogen) atoms. The fourth-order valence-electron chi connectivity index (χ4n) is 2.19. The van der Waals surface area contributed by atoms with Gasteiger partial charge in [-0.3, -0.25) is 4.90 Å². The second kappa shape index (κ2) is 6.42. The molecule has 7 nitrogen and oxygen atoms in total. The highest BCUT2D eigenvalue weighted by atomic mass is 32.1. The molecular formula is C13H12FN5O2S2. The number of carbonyl (C=O) groups excluding carboxylic acids is 1. The van der Waals surface area contributed by atoms with E-state index in [0.717, 1.165) is 0 Å². The molecule has 0 saturated carbocycles. The van der Waals surface area contributed by atoms with Gasteiger partial charge in [0.25, 0.3) is 0 Å². The number of nitrogens with one attached hydrogen (secondary N) is 1. The molecule has 1 atom stereocenters. The van der Waals surface area contributed by atoms with Gasteiger partial charge in [0.15, 0.2) is 5.11 Å². The van der Waals surface area contributed by atoms with Gasteiger partial charge in [0.1, 0.15) is 22.4 Å². The van der Waals surface area contributed by atoms with Gasteiger partial charge >= 0.3 is 6.09 Å². The van der Waals surface area contributed by atoms with Crippen LogP contribution in [-0.4, -0.2) is 40.6 Å². The van der Waals surface area contributed by atoms with Crippen molar-refractivity contribution in [2.45, 2.75) is 6.10 Å². The Morgan fingerprint density at radius 1 is 1.61 bits per heavy atom. The molecule has 2 heterocycles. The van der Waals surface area contributed by atoms with Crippen molar-refractivity contribution in [3.05, 3.63) is 29.5 Å². The zero-order valence-electron chi connectivity index (χ0n) is 11.7. The van der Waals surface area contributed by atoms with Crippen LogP contribution in [-0.2, 0) is 4.74 Å². The average molecular weight is 353 g/mol. The number of hydrogen-bond acceptors (Lipinski definition) is 6. The largest absolute Gasteiger partial charge is 0.442 e. The Hall–Kier alpha value is -2.33. The number of rotatable bonds is 4. The summed E-state index contributed by atoms with van der Waals surface area (Å²) in [6.07, 6.45) is -0.947. The first-order valence-corrected chi connectivity index (χ1v) is 7.91. The summed E-state index contributed by atoms with van der Waals surface area (Å²) in [5.74, 6) is -0.475. The topological polar surface area (TPSA) is 93.4 Å². The lowest BCUT2D eigenvalue weighted by Crippen LogP contribution is -2.37. The summed E-state index contributed by atoms with van der Waals surface area (Å²) in [5, 5.41) is 10.9. The minimum absolute atomic E-state index is 0.131. The summed E-state index contributed by atoms with van der Waals surface area (Å²) in [6, 6.07) is 4.49. The van der Waals surface area contributed by atoms with E-state index in [1.807, 2.05) is 0 Å². The third-order valence-electron chi connectivity index (χ3n) is 3.23. The lowest BCUT2D eigenvalue weighted by molar-refractivity contribution is 0.143. The summed E-state index contributed by atoms with van der Waals surface area (Å²) in [7, 11) is 0. The molecule has 10 heteroatoms. The number of carbonyl (C=O) groups is 1. The maximum atomic E-state index is 14.3. The van der Waals surface area contributed by atoms with Gasteiger partial charge in [0.2, 0.25) is 0 Å². The third kappa shape index (κ3) is 3.37. The summed E-state index contributed by atoms with van der Waals surface area (Å²) in [6.45, 7) is 0.592. The molecule has 1 aliphatic rings. The number of nitrogens with zero attached hydrogens (tertiary/aromatic N) is 3. The van der Waals surface area contributed by atoms with Gasteiger partial charge in [0.05, 0.1) is 18.8 Å². The van der Waals surface area contributed by atoms with Crippen molar-refractivity contribution in [1.82, 2.24) is 15.5 Å². The summed E-state index contributed by atoms with van der Waals surface area (Å²) < 4.78 is 19.4. The number of cyclic esters (lactones) is 1. The van der Waals surface area contributed by atoms with E-state index >= 15 is 0 Å². The van der Waals surface area contributed by atoms with Gasteiger partial charge in [-0.25, -0.2) is 9.18 Å². The summed E-state index contributed by atoms with van der Waals surface area (Å²) in [4.78, 5) is 13.3. The molecule has 120 valence electrons. The van der Waals surface area contributed by atoms with Crippen LogP contribution >= 0.6 is 23.6 Å². The van der Waals surface area contributed by atoms with Gasteiger partial charge in [-0.2, -0.15) is 0 Å². The van der Waals surface area contributed by atoms with E-state index in [9.17, 15) is 9.18 Å². The summed E-state index contributed by atoms with van der Waals surface area (Å²) >= 11 is 5.94. The number of hydrogen-bond donors (Lipinski definition) is 2. The predicted octanol–water partition coefficient (Wildman–Crippen LogP) is 1.50. The van der Waals surface area contributed by atoms with Crippen molar-refractivity contribution in [3.63, 3.8) is 0 Å². The van der Waals surface area contributed by atoms with E-state index in [0.29, 0.717) is 22.8 Å². The Labute approximate surface area is 140 Å². The Morgan fingerprint density at radius 2 is 2.43 bits per heavy atom. The number of nitrogens with two attached hydrogens (primary N) is 1. The molecule has 1 unspecified atom stereocenters. The van der Waals surface area contributed by atoms with Gasteiger partial charge in [0, 0.05) is 5.56 Å². The molecular weight excluding hydrogens is 341 g/mol. The first-order chi connectivity index (χ1) is 11.0. The van der Waals surface area contributed by atoms with Crippen LogP contribution in [0.3, 0.4) is 0 Å². The minimum Gasteiger partial charge on any atom is -0.442 e. The minimum atomic E-state index is -0.539. The molecule has 1 amide bonds. The molecule has 2 aromatic rings. The van der Waals surface area contributed by atoms with Crippen LogP contribution in [0.1, 0.15) is 0 Å². The highest BCUT2D eigenvalue weighted by molar-refractivity contribution is 7.80. The summed E-state index contributed by atoms with van der Waals surface area (Å²) in [5.41, 5.74) is 7.63. The third-order valence-corrected chi connectivity index (χ3v) is 4.10. The second-order valence-corrected chi connectivity index (χ2v) is 6.04. The van der Waals surface area contributed by atoms with Crippen molar-refractivity contribution in [2.24, 2.45) is 5.73 Å². The standard InChI is InChI=1S/C13H12FN5O2S2/c14-10-3-7(1-2-9(10)11-18-17-6-23-11)19-5-8(21-13(19)20)4-16-12(15)22/h1-3,6,8H,4-5H2,(H3,15,16,22). The lowest BCUT2D eigenvalue weighted by atomic mass is 10.2. The van der Waals surface area contributed by atoms with Crippen LogP contribution in [0.15, 0.2) is 23.7 Å². The Balaban J connectivity index is 1.76. The van der Waals surface area contributed by atoms with Crippen molar-refractivity contribution in [2.75, 3.05) is 18.0 Å². The number of ether oxygens (including phenoxy) is 1. The predicted molar refractivity (Wildman–Crippen MR) is 87.7 cm³/mol. The Bertz CT molecular complexity index is 740. The molecule has 1 aromatic carbocycles. The molecule has 3 rings (SSSR count). The molecule has 1 aromatic heterocycles. The fourth-order valence-corrected chi connectivity index (χ4v) is 2.85. The van der Waals surface area contributed by atoms with E-state index < -0.39 is 18.0 Å². The van der Waals surface area contributed by atoms with Crippen LogP contribution in [0, 0.1) is 5.82 Å². The maximum absolute atomic E-state index is 14.3. The molecule has 0 bridgehead atoms. The van der Waals surface area contributed by atoms with E-state index in [4.69, 9.17) is 22.7 Å². The maximum Gasteiger partial charge on any atom is 0.414 e. The van der Waals surface area contributed by atoms with E-state index in [-0.39, 0.29) is 11.7 Å². The quantitative estimate of drug-likeness (QED) is 0.805. The van der Waals surface area contributed by atoms with Crippen molar-refractivity contribution in [3.8, 4) is 10.6 Å². The van der Waals surface area contributed by atoms with Crippen molar-refractivity contribution < 1.29 is 13.9 Å². The number of thiocarbonyl (C=S) groups is 1. The van der Waals surface area contributed by atoms with Crippen LogP contribution < -0.4 is 16.0 Å². The van der Waals surface area contributed by atoms with E-state index in [2.05, 4.69) is 15.5 Å². The van der Waals surface area contributed by atoms with Crippen molar-refractivity contribution >= 4 is 40.4 Å². The van der Waals surface area contributed by atoms with Gasteiger partial charge in [-0.1, -0.05) is 11.3 Å². The van der Waals surface area contributed by atoms with E-state index in [1.165, 1.54) is 27.8 Å². The van der Waals surface area contributed by atoms with Gasteiger partial charge in [-0.15, -0.1) is 10.2 Å². The molecule has 1 aliphatic heterocycles. The van der Waals surface area contributed by atoms with Crippen LogP contribution in [0.5, 0.6) is 0 Å². The second-order valence-electron chi connectivity index (χ2n) is 4.77. The molecule has 0 radical (unpaired) electrons. The van der Waals surface area contributed by atoms with E-state index in [1.54, 1.807) is 12.1 Å². The average Bonchev–Trinajstić information content (AvgIpc) is 3.14. The van der Waals surface area contributed by atoms with Crippen LogP contribution in [0.25, 0.3) is 10.6 Å². The number of aromatic nitrogens is 2. The Morgan fingerprint density at radius 3 is 3.09 bits per heavy atom.